The molecule has 0 radical (unpaired) electrons. The van der Waals surface area contributed by atoms with Gasteiger partial charge >= 0.3 is 0 Å². The van der Waals surface area contributed by atoms with Crippen molar-refractivity contribution in [3.8, 4) is 11.5 Å². The van der Waals surface area contributed by atoms with E-state index in [4.69, 9.17) is 14.2 Å². The molecule has 1 fully saturated rings. The number of benzene rings is 3. The topological polar surface area (TPSA) is 85.9 Å². The first-order valence-electron chi connectivity index (χ1n) is 10.9. The van der Waals surface area contributed by atoms with Gasteiger partial charge in [0, 0.05) is 23.5 Å². The van der Waals surface area contributed by atoms with Crippen LogP contribution < -0.4 is 20.1 Å². The van der Waals surface area contributed by atoms with Crippen LogP contribution in [0.4, 0.5) is 11.4 Å². The zero-order chi connectivity index (χ0) is 22.9. The van der Waals surface area contributed by atoms with Crippen LogP contribution in [0.2, 0.25) is 0 Å². The predicted molar refractivity (Wildman–Crippen MR) is 126 cm³/mol. The van der Waals surface area contributed by atoms with Crippen molar-refractivity contribution in [3.63, 3.8) is 0 Å². The number of hydrogen-bond donors (Lipinski definition) is 2. The van der Waals surface area contributed by atoms with E-state index >= 15 is 0 Å². The number of nitrogens with one attached hydrogen (secondary N) is 2. The number of amides is 2. The average molecular weight is 447 g/mol. The molecule has 7 nitrogen and oxygen atoms in total. The summed E-state index contributed by atoms with van der Waals surface area (Å²) in [4.78, 5) is 24.8. The maximum atomic E-state index is 12.6. The van der Waals surface area contributed by atoms with Crippen molar-refractivity contribution in [1.82, 2.24) is 0 Å². The number of hydrogen-bond acceptors (Lipinski definition) is 5. The minimum atomic E-state index is -0.291. The van der Waals surface area contributed by atoms with E-state index in [1.165, 1.54) is 0 Å². The Morgan fingerprint density at radius 1 is 0.848 bits per heavy atom. The number of ether oxygens (including phenoxy) is 3. The first-order valence-corrected chi connectivity index (χ1v) is 10.9. The zero-order valence-corrected chi connectivity index (χ0v) is 18.2. The van der Waals surface area contributed by atoms with E-state index < -0.39 is 0 Å². The predicted octanol–water partition coefficient (Wildman–Crippen LogP) is 4.51. The molecule has 33 heavy (non-hydrogen) atoms. The molecule has 0 aromatic heterocycles. The molecule has 7 heteroatoms. The quantitative estimate of drug-likeness (QED) is 0.505. The summed E-state index contributed by atoms with van der Waals surface area (Å²) in [5.74, 6) is 0.777. The van der Waals surface area contributed by atoms with Crippen LogP contribution in [-0.4, -0.2) is 37.7 Å². The van der Waals surface area contributed by atoms with E-state index in [0.29, 0.717) is 35.0 Å². The molecular weight excluding hydrogens is 420 g/mol. The van der Waals surface area contributed by atoms with Crippen LogP contribution in [0.15, 0.2) is 78.9 Å². The van der Waals surface area contributed by atoms with Gasteiger partial charge in [-0.25, -0.2) is 0 Å². The third kappa shape index (κ3) is 6.82. The Morgan fingerprint density at radius 2 is 1.58 bits per heavy atom. The summed E-state index contributed by atoms with van der Waals surface area (Å²) in [5.41, 5.74) is 1.64. The van der Waals surface area contributed by atoms with Gasteiger partial charge < -0.3 is 24.8 Å². The minimum absolute atomic E-state index is 0.109. The second-order valence-corrected chi connectivity index (χ2v) is 7.66. The molecule has 1 unspecified atom stereocenters. The van der Waals surface area contributed by atoms with Gasteiger partial charge in [-0.15, -0.1) is 0 Å². The molecule has 1 saturated heterocycles. The van der Waals surface area contributed by atoms with E-state index in [2.05, 4.69) is 10.6 Å². The summed E-state index contributed by atoms with van der Waals surface area (Å²) in [6.07, 6.45) is 2.23. The van der Waals surface area contributed by atoms with Gasteiger partial charge in [-0.2, -0.15) is 0 Å². The van der Waals surface area contributed by atoms with E-state index in [9.17, 15) is 9.59 Å². The Morgan fingerprint density at radius 3 is 2.30 bits per heavy atom. The minimum Gasteiger partial charge on any atom is -0.491 e. The van der Waals surface area contributed by atoms with Gasteiger partial charge in [0.2, 0.25) is 0 Å². The number of carbonyl (C=O) groups is 2. The van der Waals surface area contributed by atoms with Crippen molar-refractivity contribution in [2.45, 2.75) is 18.9 Å². The third-order valence-corrected chi connectivity index (χ3v) is 5.09. The number of para-hydroxylation sites is 1. The van der Waals surface area contributed by atoms with Crippen LogP contribution in [0.5, 0.6) is 11.5 Å². The first kappa shape index (κ1) is 22.4. The molecule has 1 heterocycles. The van der Waals surface area contributed by atoms with Crippen molar-refractivity contribution in [1.29, 1.82) is 0 Å². The molecule has 0 aliphatic carbocycles. The van der Waals surface area contributed by atoms with Gasteiger partial charge in [0.1, 0.15) is 18.1 Å². The lowest BCUT2D eigenvalue weighted by molar-refractivity contribution is -0.118. The highest BCUT2D eigenvalue weighted by atomic mass is 16.5. The standard InChI is InChI=1S/C26H26N2O5/c29-25(18-33-22-8-2-1-3-9-22)27-20-6-4-7-21(16-20)28-26(30)19-11-13-23(14-12-19)32-17-24-10-5-15-31-24/h1-4,6-9,11-14,16,24H,5,10,15,17-18H2,(H,27,29)(H,28,30). The van der Waals surface area contributed by atoms with E-state index in [1.807, 2.05) is 18.2 Å². The highest BCUT2D eigenvalue weighted by Crippen LogP contribution is 2.19. The smallest absolute Gasteiger partial charge is 0.262 e. The summed E-state index contributed by atoms with van der Waals surface area (Å²) in [6.45, 7) is 1.20. The summed E-state index contributed by atoms with van der Waals surface area (Å²) >= 11 is 0. The van der Waals surface area contributed by atoms with E-state index in [-0.39, 0.29) is 24.5 Å². The van der Waals surface area contributed by atoms with E-state index in [1.54, 1.807) is 60.7 Å². The molecule has 3 aromatic carbocycles. The summed E-state index contributed by atoms with van der Waals surface area (Å²) in [7, 11) is 0. The largest absolute Gasteiger partial charge is 0.491 e. The Kier molecular flexibility index (Phi) is 7.56. The highest BCUT2D eigenvalue weighted by molar-refractivity contribution is 6.04. The highest BCUT2D eigenvalue weighted by Gasteiger charge is 2.16. The van der Waals surface area contributed by atoms with Crippen LogP contribution >= 0.6 is 0 Å². The fourth-order valence-corrected chi connectivity index (χ4v) is 3.41. The maximum absolute atomic E-state index is 12.6. The van der Waals surface area contributed by atoms with Crippen LogP contribution in [0.25, 0.3) is 0 Å². The van der Waals surface area contributed by atoms with Crippen LogP contribution in [0.3, 0.4) is 0 Å². The fraction of sp³-hybridized carbons (Fsp3) is 0.231. The van der Waals surface area contributed by atoms with Gasteiger partial charge in [0.15, 0.2) is 6.61 Å². The van der Waals surface area contributed by atoms with Crippen molar-refractivity contribution in [2.24, 2.45) is 0 Å². The molecule has 170 valence electrons. The SMILES string of the molecule is O=C(COc1ccccc1)Nc1cccc(NC(=O)c2ccc(OCC3CCCO3)cc2)c1. The molecular formula is C26H26N2O5. The van der Waals surface area contributed by atoms with E-state index in [0.717, 1.165) is 19.4 Å². The van der Waals surface area contributed by atoms with Crippen molar-refractivity contribution < 1.29 is 23.8 Å². The van der Waals surface area contributed by atoms with Crippen molar-refractivity contribution in [3.05, 3.63) is 84.4 Å². The normalized spacial score (nSPS) is 15.0. The molecule has 1 aliphatic rings. The van der Waals surface area contributed by atoms with Crippen LogP contribution in [-0.2, 0) is 9.53 Å². The average Bonchev–Trinajstić information content (AvgIpc) is 3.36. The number of carbonyl (C=O) groups excluding carboxylic acids is 2. The molecule has 2 N–H and O–H groups in total. The Labute approximate surface area is 192 Å². The second-order valence-electron chi connectivity index (χ2n) is 7.66. The van der Waals surface area contributed by atoms with Crippen LogP contribution in [0.1, 0.15) is 23.2 Å². The van der Waals surface area contributed by atoms with Crippen molar-refractivity contribution in [2.75, 3.05) is 30.5 Å². The molecule has 1 atom stereocenters. The lowest BCUT2D eigenvalue weighted by atomic mass is 10.2. The van der Waals surface area contributed by atoms with Gasteiger partial charge in [0.25, 0.3) is 11.8 Å². The number of anilines is 2. The first-order chi connectivity index (χ1) is 16.2. The van der Waals surface area contributed by atoms with Crippen molar-refractivity contribution >= 4 is 23.2 Å². The van der Waals surface area contributed by atoms with Gasteiger partial charge in [-0.05, 0) is 67.4 Å². The molecule has 0 bridgehead atoms. The van der Waals surface area contributed by atoms with Gasteiger partial charge in [0.05, 0.1) is 6.10 Å². The maximum Gasteiger partial charge on any atom is 0.262 e. The fourth-order valence-electron chi connectivity index (χ4n) is 3.41. The van der Waals surface area contributed by atoms with Gasteiger partial charge in [-0.3, -0.25) is 9.59 Å². The second kappa shape index (κ2) is 11.2. The Balaban J connectivity index is 1.27. The lowest BCUT2D eigenvalue weighted by Crippen LogP contribution is -2.20. The van der Waals surface area contributed by atoms with Crippen LogP contribution in [0, 0.1) is 0 Å². The summed E-state index contributed by atoms with van der Waals surface area (Å²) < 4.78 is 16.7. The lowest BCUT2D eigenvalue weighted by Gasteiger charge is -2.12. The molecule has 2 amide bonds. The van der Waals surface area contributed by atoms with Gasteiger partial charge in [-0.1, -0.05) is 24.3 Å². The molecule has 4 rings (SSSR count). The summed E-state index contributed by atoms with van der Waals surface area (Å²) in [6, 6.07) is 23.0. The Hall–Kier alpha value is -3.84. The monoisotopic (exact) mass is 446 g/mol. The Bertz CT molecular complexity index is 1060. The third-order valence-electron chi connectivity index (χ3n) is 5.09. The molecule has 0 saturated carbocycles. The molecule has 1 aliphatic heterocycles. The summed E-state index contributed by atoms with van der Waals surface area (Å²) in [5, 5.41) is 5.61. The molecule has 3 aromatic rings. The zero-order valence-electron chi connectivity index (χ0n) is 18.2. The molecule has 0 spiro atoms. The number of rotatable bonds is 9.